The van der Waals surface area contributed by atoms with Gasteiger partial charge in [-0.2, -0.15) is 0 Å². The summed E-state index contributed by atoms with van der Waals surface area (Å²) < 4.78 is 27.0. The summed E-state index contributed by atoms with van der Waals surface area (Å²) in [6.45, 7) is 1.68. The molecule has 8 heteroatoms. The number of rotatable bonds is 7. The third kappa shape index (κ3) is 4.55. The van der Waals surface area contributed by atoms with Crippen molar-refractivity contribution in [2.75, 3.05) is 6.61 Å². The Kier molecular flexibility index (Phi) is 6.12. The summed E-state index contributed by atoms with van der Waals surface area (Å²) in [5.74, 6) is -1.21. The van der Waals surface area contributed by atoms with E-state index >= 15 is 0 Å². The van der Waals surface area contributed by atoms with Gasteiger partial charge in [0.25, 0.3) is 0 Å². The summed E-state index contributed by atoms with van der Waals surface area (Å²) >= 11 is 3.06. The molecule has 0 aliphatic heterocycles. The van der Waals surface area contributed by atoms with Gasteiger partial charge in [0.2, 0.25) is 10.0 Å². The lowest BCUT2D eigenvalue weighted by Gasteiger charge is -2.14. The second kappa shape index (κ2) is 7.16. The van der Waals surface area contributed by atoms with Crippen LogP contribution in [0, 0.1) is 0 Å². The van der Waals surface area contributed by atoms with Crippen LogP contribution in [-0.4, -0.2) is 37.2 Å². The van der Waals surface area contributed by atoms with Crippen LogP contribution in [0.15, 0.2) is 27.6 Å². The van der Waals surface area contributed by atoms with E-state index < -0.39 is 16.0 Å². The standard InChI is InChI=1S/C12H16BrNO5S/c1-8(3-2-6-15)14-20(18,19)9-4-5-11(13)10(7-9)12(16)17/h4-5,7-8,14-15H,2-3,6H2,1H3,(H,16,17). The largest absolute Gasteiger partial charge is 0.478 e. The zero-order chi connectivity index (χ0) is 15.3. The number of carboxylic acids is 1. The Balaban J connectivity index is 2.98. The molecule has 1 aromatic rings. The van der Waals surface area contributed by atoms with Gasteiger partial charge in [-0.15, -0.1) is 0 Å². The first-order valence-electron chi connectivity index (χ1n) is 5.94. The topological polar surface area (TPSA) is 104 Å². The Bertz CT molecular complexity index is 588. The first-order valence-corrected chi connectivity index (χ1v) is 8.21. The van der Waals surface area contributed by atoms with Crippen LogP contribution in [-0.2, 0) is 10.0 Å². The predicted octanol–water partition coefficient (Wildman–Crippen LogP) is 1.59. The lowest BCUT2D eigenvalue weighted by Crippen LogP contribution is -2.32. The maximum Gasteiger partial charge on any atom is 0.336 e. The van der Waals surface area contributed by atoms with Gasteiger partial charge in [-0.25, -0.2) is 17.9 Å². The van der Waals surface area contributed by atoms with Crippen molar-refractivity contribution in [3.05, 3.63) is 28.2 Å². The minimum absolute atomic E-state index is 0.00643. The molecule has 0 spiro atoms. The Morgan fingerprint density at radius 3 is 2.65 bits per heavy atom. The lowest BCUT2D eigenvalue weighted by atomic mass is 10.2. The van der Waals surface area contributed by atoms with E-state index in [1.807, 2.05) is 0 Å². The number of halogens is 1. The normalized spacial score (nSPS) is 13.2. The number of nitrogens with one attached hydrogen (secondary N) is 1. The number of sulfonamides is 1. The molecule has 1 atom stereocenters. The van der Waals surface area contributed by atoms with E-state index in [2.05, 4.69) is 20.7 Å². The zero-order valence-electron chi connectivity index (χ0n) is 10.8. The van der Waals surface area contributed by atoms with Crippen molar-refractivity contribution in [1.82, 2.24) is 4.72 Å². The highest BCUT2D eigenvalue weighted by molar-refractivity contribution is 9.10. The average molecular weight is 366 g/mol. The smallest absolute Gasteiger partial charge is 0.336 e. The minimum Gasteiger partial charge on any atom is -0.478 e. The highest BCUT2D eigenvalue weighted by atomic mass is 79.9. The van der Waals surface area contributed by atoms with Gasteiger partial charge < -0.3 is 10.2 Å². The Morgan fingerprint density at radius 2 is 2.10 bits per heavy atom. The summed E-state index contributed by atoms with van der Waals surface area (Å²) in [5.41, 5.74) is -0.115. The van der Waals surface area contributed by atoms with Crippen molar-refractivity contribution in [3.63, 3.8) is 0 Å². The molecule has 0 saturated carbocycles. The SMILES string of the molecule is CC(CCCO)NS(=O)(=O)c1ccc(Br)c(C(=O)O)c1. The van der Waals surface area contributed by atoms with E-state index in [1.54, 1.807) is 6.92 Å². The molecule has 0 aromatic heterocycles. The maximum atomic E-state index is 12.1. The van der Waals surface area contributed by atoms with Crippen LogP contribution >= 0.6 is 15.9 Å². The van der Waals surface area contributed by atoms with Crippen molar-refractivity contribution < 1.29 is 23.4 Å². The molecule has 0 fully saturated rings. The molecule has 1 unspecified atom stereocenters. The van der Waals surface area contributed by atoms with Gasteiger partial charge in [0.1, 0.15) is 0 Å². The second-order valence-corrected chi connectivity index (χ2v) is 6.90. The van der Waals surface area contributed by atoms with Crippen LogP contribution in [0.4, 0.5) is 0 Å². The number of carbonyl (C=O) groups is 1. The summed E-state index contributed by atoms with van der Waals surface area (Å²) in [6, 6.07) is 3.48. The Labute approximate surface area is 126 Å². The summed E-state index contributed by atoms with van der Waals surface area (Å²) in [5, 5.41) is 17.7. The molecule has 112 valence electrons. The van der Waals surface area contributed by atoms with Crippen molar-refractivity contribution in [2.24, 2.45) is 0 Å². The molecule has 0 radical (unpaired) electrons. The molecule has 1 aromatic carbocycles. The Hall–Kier alpha value is -0.960. The van der Waals surface area contributed by atoms with Crippen molar-refractivity contribution in [1.29, 1.82) is 0 Å². The highest BCUT2D eigenvalue weighted by Crippen LogP contribution is 2.21. The minimum atomic E-state index is -3.78. The van der Waals surface area contributed by atoms with Crippen molar-refractivity contribution >= 4 is 31.9 Å². The van der Waals surface area contributed by atoms with E-state index in [0.717, 1.165) is 6.07 Å². The fourth-order valence-corrected chi connectivity index (χ4v) is 3.34. The second-order valence-electron chi connectivity index (χ2n) is 4.33. The van der Waals surface area contributed by atoms with E-state index in [4.69, 9.17) is 10.2 Å². The number of hydrogen-bond donors (Lipinski definition) is 3. The number of hydrogen-bond acceptors (Lipinski definition) is 4. The summed E-state index contributed by atoms with van der Waals surface area (Å²) in [6.07, 6.45) is 0.989. The van der Waals surface area contributed by atoms with Crippen LogP contribution < -0.4 is 4.72 Å². The third-order valence-corrected chi connectivity index (χ3v) is 4.91. The fourth-order valence-electron chi connectivity index (χ4n) is 1.62. The predicted molar refractivity (Wildman–Crippen MR) is 77.2 cm³/mol. The van der Waals surface area contributed by atoms with Crippen LogP contribution in [0.25, 0.3) is 0 Å². The van der Waals surface area contributed by atoms with E-state index in [1.165, 1.54) is 12.1 Å². The maximum absolute atomic E-state index is 12.1. The third-order valence-electron chi connectivity index (χ3n) is 2.63. The van der Waals surface area contributed by atoms with E-state index in [0.29, 0.717) is 17.3 Å². The quantitative estimate of drug-likeness (QED) is 0.680. The molecule has 0 heterocycles. The zero-order valence-corrected chi connectivity index (χ0v) is 13.2. The average Bonchev–Trinajstić information content (AvgIpc) is 2.35. The van der Waals surface area contributed by atoms with Crippen LogP contribution in [0.2, 0.25) is 0 Å². The molecule has 0 bridgehead atoms. The Morgan fingerprint density at radius 1 is 1.45 bits per heavy atom. The van der Waals surface area contributed by atoms with Gasteiger partial charge in [0.05, 0.1) is 10.5 Å². The number of aliphatic hydroxyl groups excluding tert-OH is 1. The highest BCUT2D eigenvalue weighted by Gasteiger charge is 2.20. The van der Waals surface area contributed by atoms with Crippen molar-refractivity contribution in [2.45, 2.75) is 30.7 Å². The van der Waals surface area contributed by atoms with Gasteiger partial charge in [-0.1, -0.05) is 0 Å². The molecule has 0 amide bonds. The van der Waals surface area contributed by atoms with Gasteiger partial charge in [0, 0.05) is 17.1 Å². The summed E-state index contributed by atoms with van der Waals surface area (Å²) in [4.78, 5) is 10.9. The lowest BCUT2D eigenvalue weighted by molar-refractivity contribution is 0.0695. The van der Waals surface area contributed by atoms with E-state index in [9.17, 15) is 13.2 Å². The first kappa shape index (κ1) is 17.1. The van der Waals surface area contributed by atoms with Crippen LogP contribution in [0.1, 0.15) is 30.1 Å². The van der Waals surface area contributed by atoms with Gasteiger partial charge in [-0.05, 0) is 53.9 Å². The van der Waals surface area contributed by atoms with E-state index in [-0.39, 0.29) is 23.1 Å². The van der Waals surface area contributed by atoms with Gasteiger partial charge in [0.15, 0.2) is 0 Å². The molecule has 0 aliphatic rings. The number of aliphatic hydroxyl groups is 1. The fraction of sp³-hybridized carbons (Fsp3) is 0.417. The van der Waals surface area contributed by atoms with Crippen LogP contribution in [0.3, 0.4) is 0 Å². The molecular formula is C12H16BrNO5S. The van der Waals surface area contributed by atoms with Gasteiger partial charge in [-0.3, -0.25) is 0 Å². The summed E-state index contributed by atoms with van der Waals surface area (Å²) in [7, 11) is -3.78. The molecule has 3 N–H and O–H groups in total. The molecule has 6 nitrogen and oxygen atoms in total. The first-order chi connectivity index (χ1) is 9.27. The van der Waals surface area contributed by atoms with Crippen LogP contribution in [0.5, 0.6) is 0 Å². The number of aromatic carboxylic acids is 1. The molecular weight excluding hydrogens is 350 g/mol. The monoisotopic (exact) mass is 365 g/mol. The number of benzene rings is 1. The number of carboxylic acid groups (broad SMARTS) is 1. The molecule has 20 heavy (non-hydrogen) atoms. The molecule has 0 saturated heterocycles. The molecule has 0 aliphatic carbocycles. The molecule has 1 rings (SSSR count). The van der Waals surface area contributed by atoms with Gasteiger partial charge >= 0.3 is 5.97 Å². The van der Waals surface area contributed by atoms with Crippen molar-refractivity contribution in [3.8, 4) is 0 Å².